The molecule has 94 valence electrons. The second kappa shape index (κ2) is 5.54. The van der Waals surface area contributed by atoms with E-state index >= 15 is 0 Å². The average molecular weight is 233 g/mol. The van der Waals surface area contributed by atoms with Crippen LogP contribution in [0.25, 0.3) is 0 Å². The molecule has 0 amide bonds. The van der Waals surface area contributed by atoms with Gasteiger partial charge in [-0.25, -0.2) is 0 Å². The average Bonchev–Trinajstić information content (AvgIpc) is 2.38. The fraction of sp³-hybridized carbons (Fsp3) is 0.600. The second-order valence-electron chi connectivity index (χ2n) is 5.09. The van der Waals surface area contributed by atoms with Crippen LogP contribution >= 0.6 is 0 Å². The monoisotopic (exact) mass is 233 g/mol. The Bertz CT molecular complexity index is 362. The molecular weight excluding hydrogens is 210 g/mol. The Balaban J connectivity index is 2.29. The van der Waals surface area contributed by atoms with Gasteiger partial charge in [0.2, 0.25) is 0 Å². The standard InChI is InChI=1S/C15H23NO/c1-12(2)16-11-7-6-9-14(16)13-8-4-5-10-15(13)17-3/h4-5,8,10,12,14H,6-7,9,11H2,1-3H3/t14-/m1/s1. The number of para-hydroxylation sites is 1. The van der Waals surface area contributed by atoms with E-state index in [1.165, 1.54) is 31.4 Å². The lowest BCUT2D eigenvalue weighted by molar-refractivity contribution is 0.110. The Hall–Kier alpha value is -1.02. The van der Waals surface area contributed by atoms with E-state index < -0.39 is 0 Å². The molecule has 1 aromatic carbocycles. The first-order chi connectivity index (χ1) is 8.24. The molecule has 1 heterocycles. The third kappa shape index (κ3) is 2.63. The third-order valence-corrected chi connectivity index (χ3v) is 3.71. The van der Waals surface area contributed by atoms with Gasteiger partial charge in [-0.1, -0.05) is 24.6 Å². The van der Waals surface area contributed by atoms with Crippen molar-refractivity contribution < 1.29 is 4.74 Å². The second-order valence-corrected chi connectivity index (χ2v) is 5.09. The van der Waals surface area contributed by atoms with Crippen LogP contribution in [0.2, 0.25) is 0 Å². The molecule has 0 radical (unpaired) electrons. The van der Waals surface area contributed by atoms with Crippen molar-refractivity contribution in [3.63, 3.8) is 0 Å². The van der Waals surface area contributed by atoms with Gasteiger partial charge in [0.15, 0.2) is 0 Å². The van der Waals surface area contributed by atoms with Gasteiger partial charge in [-0.2, -0.15) is 0 Å². The Labute approximate surface area is 105 Å². The van der Waals surface area contributed by atoms with Crippen LogP contribution in [0.5, 0.6) is 5.75 Å². The first-order valence-electron chi connectivity index (χ1n) is 6.62. The van der Waals surface area contributed by atoms with E-state index in [-0.39, 0.29) is 0 Å². The predicted molar refractivity (Wildman–Crippen MR) is 71.4 cm³/mol. The van der Waals surface area contributed by atoms with Gasteiger partial charge in [0.25, 0.3) is 0 Å². The van der Waals surface area contributed by atoms with Crippen LogP contribution in [0.4, 0.5) is 0 Å². The minimum absolute atomic E-state index is 0.528. The van der Waals surface area contributed by atoms with Crippen LogP contribution < -0.4 is 4.74 Å². The molecule has 2 heteroatoms. The predicted octanol–water partition coefficient (Wildman–Crippen LogP) is 3.63. The molecule has 0 aromatic heterocycles. The molecule has 2 nitrogen and oxygen atoms in total. The molecule has 1 aromatic rings. The Morgan fingerprint density at radius 2 is 2.00 bits per heavy atom. The molecule has 1 atom stereocenters. The normalized spacial score (nSPS) is 21.8. The van der Waals surface area contributed by atoms with Crippen LogP contribution in [0.3, 0.4) is 0 Å². The summed E-state index contributed by atoms with van der Waals surface area (Å²) in [4.78, 5) is 2.60. The summed E-state index contributed by atoms with van der Waals surface area (Å²) in [6, 6.07) is 9.58. The molecule has 0 bridgehead atoms. The lowest BCUT2D eigenvalue weighted by Gasteiger charge is -2.39. The van der Waals surface area contributed by atoms with Crippen LogP contribution in [-0.2, 0) is 0 Å². The van der Waals surface area contributed by atoms with E-state index in [1.54, 1.807) is 7.11 Å². The van der Waals surface area contributed by atoms with E-state index in [2.05, 4.69) is 36.9 Å². The number of methoxy groups -OCH3 is 1. The molecule has 1 saturated heterocycles. The van der Waals surface area contributed by atoms with Crippen molar-refractivity contribution in [3.8, 4) is 5.75 Å². The van der Waals surface area contributed by atoms with Crippen molar-refractivity contribution in [2.45, 2.75) is 45.2 Å². The highest BCUT2D eigenvalue weighted by molar-refractivity contribution is 5.36. The minimum Gasteiger partial charge on any atom is -0.496 e. The Morgan fingerprint density at radius 1 is 1.24 bits per heavy atom. The maximum atomic E-state index is 5.50. The van der Waals surface area contributed by atoms with Crippen LogP contribution in [0.1, 0.15) is 44.7 Å². The molecule has 17 heavy (non-hydrogen) atoms. The SMILES string of the molecule is COc1ccccc1[C@H]1CCCCN1C(C)C. The Kier molecular flexibility index (Phi) is 4.06. The lowest BCUT2D eigenvalue weighted by Crippen LogP contribution is -2.38. The Morgan fingerprint density at radius 3 is 2.71 bits per heavy atom. The maximum Gasteiger partial charge on any atom is 0.123 e. The highest BCUT2D eigenvalue weighted by Gasteiger charge is 2.27. The molecule has 2 rings (SSSR count). The van der Waals surface area contributed by atoms with E-state index in [9.17, 15) is 0 Å². The zero-order chi connectivity index (χ0) is 12.3. The molecule has 0 aliphatic carbocycles. The number of benzene rings is 1. The molecule has 0 N–H and O–H groups in total. The summed E-state index contributed by atoms with van der Waals surface area (Å²) in [5, 5.41) is 0. The maximum absolute atomic E-state index is 5.50. The number of rotatable bonds is 3. The third-order valence-electron chi connectivity index (χ3n) is 3.71. The summed E-state index contributed by atoms with van der Waals surface area (Å²) in [5.41, 5.74) is 1.35. The molecular formula is C15H23NO. The van der Waals surface area contributed by atoms with Crippen molar-refractivity contribution in [2.24, 2.45) is 0 Å². The highest BCUT2D eigenvalue weighted by Crippen LogP contribution is 2.36. The van der Waals surface area contributed by atoms with E-state index in [0.29, 0.717) is 12.1 Å². The topological polar surface area (TPSA) is 12.5 Å². The summed E-state index contributed by atoms with van der Waals surface area (Å²) >= 11 is 0. The van der Waals surface area contributed by atoms with Gasteiger partial charge in [0.1, 0.15) is 5.75 Å². The van der Waals surface area contributed by atoms with Crippen molar-refractivity contribution >= 4 is 0 Å². The van der Waals surface area contributed by atoms with Crippen LogP contribution in [0, 0.1) is 0 Å². The molecule has 0 saturated carbocycles. The quantitative estimate of drug-likeness (QED) is 0.790. The van der Waals surface area contributed by atoms with Crippen LogP contribution in [0.15, 0.2) is 24.3 Å². The molecule has 1 aliphatic rings. The minimum atomic E-state index is 0.528. The van der Waals surface area contributed by atoms with Gasteiger partial charge >= 0.3 is 0 Å². The van der Waals surface area contributed by atoms with Gasteiger partial charge in [0.05, 0.1) is 7.11 Å². The van der Waals surface area contributed by atoms with E-state index in [1.807, 2.05) is 6.07 Å². The fourth-order valence-corrected chi connectivity index (χ4v) is 2.85. The molecule has 1 aliphatic heterocycles. The van der Waals surface area contributed by atoms with E-state index in [0.717, 1.165) is 5.75 Å². The highest BCUT2D eigenvalue weighted by atomic mass is 16.5. The number of nitrogens with zero attached hydrogens (tertiary/aromatic N) is 1. The summed E-state index contributed by atoms with van der Waals surface area (Å²) < 4.78 is 5.50. The number of piperidine rings is 1. The largest absolute Gasteiger partial charge is 0.496 e. The lowest BCUT2D eigenvalue weighted by atomic mass is 9.93. The van der Waals surface area contributed by atoms with Crippen LogP contribution in [-0.4, -0.2) is 24.6 Å². The zero-order valence-electron chi connectivity index (χ0n) is 11.1. The summed E-state index contributed by atoms with van der Waals surface area (Å²) in [6.45, 7) is 5.78. The fourth-order valence-electron chi connectivity index (χ4n) is 2.85. The van der Waals surface area contributed by atoms with E-state index in [4.69, 9.17) is 4.74 Å². The molecule has 1 fully saturated rings. The van der Waals surface area contributed by atoms with Gasteiger partial charge < -0.3 is 4.74 Å². The van der Waals surface area contributed by atoms with Crippen molar-refractivity contribution in [3.05, 3.63) is 29.8 Å². The van der Waals surface area contributed by atoms with Crippen molar-refractivity contribution in [2.75, 3.05) is 13.7 Å². The van der Waals surface area contributed by atoms with Gasteiger partial charge in [-0.05, 0) is 39.3 Å². The van der Waals surface area contributed by atoms with Gasteiger partial charge in [0, 0.05) is 17.6 Å². The number of hydrogen-bond acceptors (Lipinski definition) is 2. The summed E-state index contributed by atoms with van der Waals surface area (Å²) in [5.74, 6) is 1.03. The number of hydrogen-bond donors (Lipinski definition) is 0. The number of likely N-dealkylation sites (tertiary alicyclic amines) is 1. The summed E-state index contributed by atoms with van der Waals surface area (Å²) in [7, 11) is 1.77. The number of ether oxygens (including phenoxy) is 1. The van der Waals surface area contributed by atoms with Crippen molar-refractivity contribution in [1.82, 2.24) is 4.90 Å². The first-order valence-corrected chi connectivity index (χ1v) is 6.62. The molecule has 0 spiro atoms. The van der Waals surface area contributed by atoms with Gasteiger partial charge in [-0.15, -0.1) is 0 Å². The first kappa shape index (κ1) is 12.4. The summed E-state index contributed by atoms with van der Waals surface area (Å²) in [6.07, 6.45) is 3.90. The zero-order valence-corrected chi connectivity index (χ0v) is 11.1. The smallest absolute Gasteiger partial charge is 0.123 e. The molecule has 0 unspecified atom stereocenters. The van der Waals surface area contributed by atoms with Crippen molar-refractivity contribution in [1.29, 1.82) is 0 Å². The van der Waals surface area contributed by atoms with Gasteiger partial charge in [-0.3, -0.25) is 4.90 Å².